The molecule has 31 heavy (non-hydrogen) atoms. The van der Waals surface area contributed by atoms with Gasteiger partial charge in [-0.25, -0.2) is 14.5 Å². The van der Waals surface area contributed by atoms with Crippen LogP contribution in [0.5, 0.6) is 5.88 Å². The molecular weight excluding hydrogens is 396 g/mol. The molecule has 0 aliphatic heterocycles. The van der Waals surface area contributed by atoms with E-state index in [1.165, 1.54) is 38.4 Å². The van der Waals surface area contributed by atoms with Crippen molar-refractivity contribution in [3.63, 3.8) is 0 Å². The normalized spacial score (nSPS) is 13.4. The summed E-state index contributed by atoms with van der Waals surface area (Å²) in [4.78, 5) is 28.1. The van der Waals surface area contributed by atoms with Crippen molar-refractivity contribution >= 4 is 24.0 Å². The number of carbonyl (C=O) groups is 2. The molecule has 9 nitrogen and oxygen atoms in total. The molecule has 1 aliphatic rings. The summed E-state index contributed by atoms with van der Waals surface area (Å²) in [5.41, 5.74) is 8.28. The van der Waals surface area contributed by atoms with E-state index >= 15 is 0 Å². The first-order valence-electron chi connectivity index (χ1n) is 10.2. The SMILES string of the molecule is C=O.CC1CCCCC1.CNC(=O)c1cc(-c2ccnc(OC)c2)n2ncnc(N)c12. The van der Waals surface area contributed by atoms with Crippen molar-refractivity contribution in [1.82, 2.24) is 24.9 Å². The van der Waals surface area contributed by atoms with Gasteiger partial charge in [0.1, 0.15) is 18.6 Å². The number of ether oxygens (including phenoxy) is 1. The second-order valence-electron chi connectivity index (χ2n) is 7.26. The van der Waals surface area contributed by atoms with Crippen molar-refractivity contribution in [2.24, 2.45) is 5.92 Å². The third kappa shape index (κ3) is 5.78. The Hall–Kier alpha value is -3.49. The number of aromatic nitrogens is 4. The lowest BCUT2D eigenvalue weighted by Gasteiger charge is -2.15. The number of rotatable bonds is 3. The van der Waals surface area contributed by atoms with E-state index in [4.69, 9.17) is 15.3 Å². The fourth-order valence-corrected chi connectivity index (χ4v) is 3.57. The molecule has 0 atom stereocenters. The predicted octanol–water partition coefficient (Wildman–Crippen LogP) is 3.14. The van der Waals surface area contributed by atoms with Crippen molar-refractivity contribution in [3.05, 3.63) is 36.3 Å². The minimum absolute atomic E-state index is 0.237. The Morgan fingerprint density at radius 3 is 2.52 bits per heavy atom. The van der Waals surface area contributed by atoms with Gasteiger partial charge in [-0.3, -0.25) is 4.79 Å². The summed E-state index contributed by atoms with van der Waals surface area (Å²) in [6.45, 7) is 4.36. The number of nitrogens with one attached hydrogen (secondary N) is 1. The number of amides is 1. The summed E-state index contributed by atoms with van der Waals surface area (Å²) in [5.74, 6) is 1.48. The van der Waals surface area contributed by atoms with Crippen molar-refractivity contribution in [2.75, 3.05) is 19.9 Å². The number of anilines is 1. The van der Waals surface area contributed by atoms with Gasteiger partial charge < -0.3 is 20.6 Å². The average molecular weight is 427 g/mol. The third-order valence-corrected chi connectivity index (χ3v) is 5.19. The summed E-state index contributed by atoms with van der Waals surface area (Å²) in [6, 6.07) is 5.28. The van der Waals surface area contributed by atoms with Crippen LogP contribution >= 0.6 is 0 Å². The first-order valence-corrected chi connectivity index (χ1v) is 10.2. The van der Waals surface area contributed by atoms with Gasteiger partial charge in [-0.15, -0.1) is 0 Å². The zero-order valence-corrected chi connectivity index (χ0v) is 18.3. The summed E-state index contributed by atoms with van der Waals surface area (Å²) >= 11 is 0. The van der Waals surface area contributed by atoms with Crippen LogP contribution in [0.25, 0.3) is 16.8 Å². The Balaban J connectivity index is 0.000000319. The van der Waals surface area contributed by atoms with Gasteiger partial charge >= 0.3 is 0 Å². The first kappa shape index (κ1) is 23.8. The Bertz CT molecular complexity index is 998. The highest BCUT2D eigenvalue weighted by Gasteiger charge is 2.19. The minimum atomic E-state index is -0.258. The summed E-state index contributed by atoms with van der Waals surface area (Å²) in [7, 11) is 3.10. The van der Waals surface area contributed by atoms with Gasteiger partial charge in [-0.1, -0.05) is 39.0 Å². The monoisotopic (exact) mass is 426 g/mol. The van der Waals surface area contributed by atoms with Gasteiger partial charge in [-0.2, -0.15) is 5.10 Å². The predicted molar refractivity (Wildman–Crippen MR) is 120 cm³/mol. The van der Waals surface area contributed by atoms with Gasteiger partial charge in [-0.05, 0) is 18.1 Å². The largest absolute Gasteiger partial charge is 0.481 e. The summed E-state index contributed by atoms with van der Waals surface area (Å²) < 4.78 is 6.72. The van der Waals surface area contributed by atoms with Crippen LogP contribution in [-0.2, 0) is 4.79 Å². The van der Waals surface area contributed by atoms with Crippen LogP contribution in [-0.4, -0.2) is 46.4 Å². The molecule has 3 aromatic rings. The third-order valence-electron chi connectivity index (χ3n) is 5.19. The number of nitrogens with two attached hydrogens (primary N) is 1. The standard InChI is InChI=1S/C14H14N6O2.C7H14.CH2O/c1-16-14(21)9-6-10(8-3-4-17-11(5-8)22-2)20-12(9)13(15)18-7-19-20;1-7-5-3-2-4-6-7;1-2/h3-7H,1-2H3,(H,16,21)(H2,15,18,19);7H,2-6H2,1H3;1H2. The molecule has 0 saturated heterocycles. The topological polar surface area (TPSA) is 124 Å². The van der Waals surface area contributed by atoms with Gasteiger partial charge in [0.05, 0.1) is 18.4 Å². The van der Waals surface area contributed by atoms with E-state index < -0.39 is 0 Å². The zero-order chi connectivity index (χ0) is 22.8. The fourth-order valence-electron chi connectivity index (χ4n) is 3.57. The van der Waals surface area contributed by atoms with Gasteiger partial charge in [0.25, 0.3) is 5.91 Å². The number of fused-ring (bicyclic) bond motifs is 1. The van der Waals surface area contributed by atoms with Crippen LogP contribution < -0.4 is 15.8 Å². The van der Waals surface area contributed by atoms with E-state index in [-0.39, 0.29) is 11.7 Å². The molecule has 3 N–H and O–H groups in total. The lowest BCUT2D eigenvalue weighted by molar-refractivity contribution is -0.0980. The molecule has 1 amide bonds. The lowest BCUT2D eigenvalue weighted by Crippen LogP contribution is -2.18. The number of hydrogen-bond donors (Lipinski definition) is 2. The Kier molecular flexibility index (Phi) is 8.93. The Morgan fingerprint density at radius 2 is 1.94 bits per heavy atom. The highest BCUT2D eigenvalue weighted by Crippen LogP contribution is 2.29. The maximum atomic E-state index is 12.1. The highest BCUT2D eigenvalue weighted by molar-refractivity contribution is 6.04. The van der Waals surface area contributed by atoms with Gasteiger partial charge in [0.2, 0.25) is 5.88 Å². The quantitative estimate of drug-likeness (QED) is 0.659. The van der Waals surface area contributed by atoms with Crippen LogP contribution in [0.1, 0.15) is 49.4 Å². The number of nitrogen functional groups attached to an aromatic ring is 1. The molecule has 3 heterocycles. The van der Waals surface area contributed by atoms with E-state index in [0.29, 0.717) is 22.7 Å². The van der Waals surface area contributed by atoms with Crippen LogP contribution in [0.15, 0.2) is 30.7 Å². The molecular formula is C22H30N6O3. The smallest absolute Gasteiger partial charge is 0.253 e. The second kappa shape index (κ2) is 11.6. The van der Waals surface area contributed by atoms with Crippen LogP contribution in [0.4, 0.5) is 5.82 Å². The van der Waals surface area contributed by atoms with E-state index in [9.17, 15) is 4.79 Å². The lowest BCUT2D eigenvalue weighted by atomic mass is 9.91. The Labute approximate surface area is 182 Å². The zero-order valence-electron chi connectivity index (χ0n) is 18.3. The summed E-state index contributed by atoms with van der Waals surface area (Å²) in [6.07, 6.45) is 10.4. The maximum absolute atomic E-state index is 12.1. The number of nitrogens with zero attached hydrogens (tertiary/aromatic N) is 4. The van der Waals surface area contributed by atoms with Crippen molar-refractivity contribution in [3.8, 4) is 17.1 Å². The van der Waals surface area contributed by atoms with Crippen LogP contribution in [0.3, 0.4) is 0 Å². The Morgan fingerprint density at radius 1 is 1.23 bits per heavy atom. The molecule has 1 saturated carbocycles. The van der Waals surface area contributed by atoms with Crippen molar-refractivity contribution in [1.29, 1.82) is 0 Å². The van der Waals surface area contributed by atoms with E-state index in [1.54, 1.807) is 43.1 Å². The number of hydrogen-bond acceptors (Lipinski definition) is 7. The average Bonchev–Trinajstić information content (AvgIpc) is 3.22. The number of carbonyl (C=O) groups excluding carboxylic acids is 2. The van der Waals surface area contributed by atoms with Gasteiger partial charge in [0, 0.05) is 24.9 Å². The molecule has 4 rings (SSSR count). The van der Waals surface area contributed by atoms with E-state index in [2.05, 4.69) is 27.3 Å². The van der Waals surface area contributed by atoms with Crippen molar-refractivity contribution in [2.45, 2.75) is 39.0 Å². The molecule has 1 aliphatic carbocycles. The van der Waals surface area contributed by atoms with Crippen molar-refractivity contribution < 1.29 is 14.3 Å². The molecule has 0 unspecified atom stereocenters. The van der Waals surface area contributed by atoms with Crippen LogP contribution in [0, 0.1) is 5.92 Å². The highest BCUT2D eigenvalue weighted by atomic mass is 16.5. The molecule has 0 aromatic carbocycles. The molecule has 0 radical (unpaired) electrons. The first-order chi connectivity index (χ1) is 15.0. The van der Waals surface area contributed by atoms with Gasteiger partial charge in [0.15, 0.2) is 5.82 Å². The van der Waals surface area contributed by atoms with E-state index in [1.807, 2.05) is 6.79 Å². The fraction of sp³-hybridized carbons (Fsp3) is 0.409. The second-order valence-corrected chi connectivity index (χ2v) is 7.26. The van der Waals surface area contributed by atoms with Crippen LogP contribution in [0.2, 0.25) is 0 Å². The molecule has 166 valence electrons. The minimum Gasteiger partial charge on any atom is -0.481 e. The maximum Gasteiger partial charge on any atom is 0.253 e. The molecule has 3 aromatic heterocycles. The molecule has 0 spiro atoms. The summed E-state index contributed by atoms with van der Waals surface area (Å²) in [5, 5.41) is 6.78. The van der Waals surface area contributed by atoms with E-state index in [0.717, 1.165) is 11.5 Å². The molecule has 1 fully saturated rings. The molecule has 9 heteroatoms. The molecule has 0 bridgehead atoms. The number of methoxy groups -OCH3 is 1. The number of pyridine rings is 1.